The van der Waals surface area contributed by atoms with Gasteiger partial charge in [0, 0.05) is 19.7 Å². The lowest BCUT2D eigenvalue weighted by Crippen LogP contribution is -2.27. The van der Waals surface area contributed by atoms with E-state index in [1.807, 2.05) is 31.2 Å². The van der Waals surface area contributed by atoms with Crippen molar-refractivity contribution in [3.8, 4) is 0 Å². The van der Waals surface area contributed by atoms with Crippen molar-refractivity contribution in [3.63, 3.8) is 0 Å². The van der Waals surface area contributed by atoms with Gasteiger partial charge in [-0.05, 0) is 31.1 Å². The molecule has 6 nitrogen and oxygen atoms in total. The van der Waals surface area contributed by atoms with Crippen molar-refractivity contribution in [2.45, 2.75) is 20.4 Å². The predicted octanol–water partition coefficient (Wildman–Crippen LogP) is 0.709. The van der Waals surface area contributed by atoms with Gasteiger partial charge in [0.2, 0.25) is 6.41 Å². The van der Waals surface area contributed by atoms with Gasteiger partial charge in [-0.25, -0.2) is 4.68 Å². The molecule has 0 unspecified atom stereocenters. The lowest BCUT2D eigenvalue weighted by molar-refractivity contribution is -0.109. The molecular weight excluding hydrogens is 292 g/mol. The fraction of sp³-hybridized carbons (Fsp3) is 0.235. The molecule has 0 saturated carbocycles. The number of hydrogen-bond donors (Lipinski definition) is 2. The van der Waals surface area contributed by atoms with E-state index in [1.165, 1.54) is 17.2 Å². The Labute approximate surface area is 135 Å². The molecule has 1 amide bonds. The van der Waals surface area contributed by atoms with Gasteiger partial charge in [-0.2, -0.15) is 0 Å². The van der Waals surface area contributed by atoms with E-state index in [4.69, 9.17) is 5.11 Å². The highest BCUT2D eigenvalue weighted by atomic mass is 16.3. The number of nitrogens with one attached hydrogen (secondary N) is 1. The van der Waals surface area contributed by atoms with Crippen LogP contribution < -0.4 is 16.0 Å². The molecule has 2 rings (SSSR count). The van der Waals surface area contributed by atoms with Crippen molar-refractivity contribution in [3.05, 3.63) is 57.9 Å². The van der Waals surface area contributed by atoms with Crippen molar-refractivity contribution >= 4 is 19.1 Å². The number of benzene rings is 1. The fourth-order valence-electron chi connectivity index (χ4n) is 1.69. The minimum Gasteiger partial charge on any atom is -0.508 e. The summed E-state index contributed by atoms with van der Waals surface area (Å²) in [5.74, 6) is 0.167. The summed E-state index contributed by atoms with van der Waals surface area (Å²) in [5.41, 5.74) is 2.38. The molecule has 122 valence electrons. The van der Waals surface area contributed by atoms with E-state index >= 15 is 0 Å². The number of aryl methyl sites for hydroxylation is 2. The highest BCUT2D eigenvalue weighted by Crippen LogP contribution is 2.05. The van der Waals surface area contributed by atoms with Crippen LogP contribution in [0.4, 0.5) is 0 Å². The van der Waals surface area contributed by atoms with Crippen molar-refractivity contribution < 1.29 is 9.90 Å². The zero-order valence-corrected chi connectivity index (χ0v) is 13.7. The smallest absolute Gasteiger partial charge is 0.207 e. The number of aliphatic hydroxyl groups is 1. The molecule has 1 aromatic carbocycles. The summed E-state index contributed by atoms with van der Waals surface area (Å²) in [6.45, 7) is 8.13. The van der Waals surface area contributed by atoms with E-state index in [0.29, 0.717) is 23.7 Å². The van der Waals surface area contributed by atoms with Crippen LogP contribution >= 0.6 is 0 Å². The van der Waals surface area contributed by atoms with Gasteiger partial charge in [-0.1, -0.05) is 36.1 Å². The molecule has 2 aromatic rings. The van der Waals surface area contributed by atoms with E-state index in [-0.39, 0.29) is 5.76 Å². The number of carbonyl (C=O) groups is 1. The lowest BCUT2D eigenvalue weighted by Gasteiger charge is -2.02. The molecule has 0 fully saturated rings. The number of aliphatic hydroxyl groups excluding tert-OH is 1. The van der Waals surface area contributed by atoms with Crippen LogP contribution in [0, 0.1) is 6.92 Å². The Bertz CT molecular complexity index is 778. The second kappa shape index (κ2) is 9.19. The summed E-state index contributed by atoms with van der Waals surface area (Å²) in [4.78, 5) is 9.98. The molecule has 0 aliphatic rings. The van der Waals surface area contributed by atoms with Gasteiger partial charge in [0.25, 0.3) is 0 Å². The molecule has 2 N–H and O–H groups in total. The molecule has 0 aliphatic heterocycles. The predicted molar refractivity (Wildman–Crippen MR) is 90.7 cm³/mol. The summed E-state index contributed by atoms with van der Waals surface area (Å²) in [7, 11) is 1.75. The van der Waals surface area contributed by atoms with Gasteiger partial charge in [-0.3, -0.25) is 4.79 Å². The first-order chi connectivity index (χ1) is 11.0. The van der Waals surface area contributed by atoms with Crippen molar-refractivity contribution in [1.29, 1.82) is 0 Å². The largest absolute Gasteiger partial charge is 0.508 e. The van der Waals surface area contributed by atoms with Gasteiger partial charge in [0.15, 0.2) is 0 Å². The standard InChI is InChI=1S/C9H11NO.C8H11N3O/c1-8-4-2-3-5-9(8)6-10-7-11;1-4-7(12)5-8-6(2)11(3)10-9-8/h2-5,7H,6H2,1H3,(H,10,11);4-5,12H,2H2,1,3H3/b;7-4+,8-5+. The summed E-state index contributed by atoms with van der Waals surface area (Å²) < 4.78 is 1.55. The van der Waals surface area contributed by atoms with E-state index in [1.54, 1.807) is 24.7 Å². The number of hydrogen-bond acceptors (Lipinski definition) is 4. The van der Waals surface area contributed by atoms with Crippen LogP contribution in [0.2, 0.25) is 0 Å². The Hall–Kier alpha value is -2.89. The maximum Gasteiger partial charge on any atom is 0.207 e. The molecule has 0 bridgehead atoms. The highest BCUT2D eigenvalue weighted by molar-refractivity contribution is 5.46. The number of allylic oxidation sites excluding steroid dienone is 2. The molecule has 23 heavy (non-hydrogen) atoms. The third kappa shape index (κ3) is 5.78. The van der Waals surface area contributed by atoms with Crippen LogP contribution in [0.1, 0.15) is 18.1 Å². The van der Waals surface area contributed by atoms with Crippen LogP contribution in [-0.4, -0.2) is 26.5 Å². The minimum absolute atomic E-state index is 0.167. The molecule has 0 aliphatic carbocycles. The third-order valence-corrected chi connectivity index (χ3v) is 3.19. The van der Waals surface area contributed by atoms with Gasteiger partial charge >= 0.3 is 0 Å². The lowest BCUT2D eigenvalue weighted by atomic mass is 10.1. The van der Waals surface area contributed by atoms with Crippen molar-refractivity contribution in [1.82, 2.24) is 20.3 Å². The first-order valence-electron chi connectivity index (χ1n) is 7.12. The molecule has 0 atom stereocenters. The zero-order chi connectivity index (χ0) is 17.2. The van der Waals surface area contributed by atoms with E-state index in [2.05, 4.69) is 22.2 Å². The van der Waals surface area contributed by atoms with Gasteiger partial charge in [0.05, 0.1) is 5.35 Å². The first kappa shape index (κ1) is 18.2. The summed E-state index contributed by atoms with van der Waals surface area (Å²) >= 11 is 0. The number of amides is 1. The first-order valence-corrected chi connectivity index (χ1v) is 7.12. The summed E-state index contributed by atoms with van der Waals surface area (Å²) in [6.07, 6.45) is 3.82. The second-order valence-electron chi connectivity index (χ2n) is 4.83. The Balaban J connectivity index is 0.000000231. The molecule has 0 radical (unpaired) electrons. The quantitative estimate of drug-likeness (QED) is 0.643. The summed E-state index contributed by atoms with van der Waals surface area (Å²) in [6, 6.07) is 7.99. The molecule has 0 saturated heterocycles. The van der Waals surface area contributed by atoms with Crippen LogP contribution in [0.5, 0.6) is 0 Å². The van der Waals surface area contributed by atoms with Gasteiger partial charge in [0.1, 0.15) is 11.1 Å². The number of carbonyl (C=O) groups excluding carboxylic acids is 1. The molecule has 0 spiro atoms. The van der Waals surface area contributed by atoms with Crippen LogP contribution in [0.3, 0.4) is 0 Å². The zero-order valence-electron chi connectivity index (χ0n) is 13.7. The summed E-state index contributed by atoms with van der Waals surface area (Å²) in [5, 5.41) is 20.6. The van der Waals surface area contributed by atoms with Crippen LogP contribution in [-0.2, 0) is 18.4 Å². The highest BCUT2D eigenvalue weighted by Gasteiger charge is 1.93. The normalized spacial score (nSPS) is 11.6. The minimum atomic E-state index is 0.167. The monoisotopic (exact) mass is 314 g/mol. The van der Waals surface area contributed by atoms with E-state index < -0.39 is 0 Å². The maximum atomic E-state index is 9.98. The molecule has 6 heteroatoms. The number of rotatable bonds is 4. The number of aromatic nitrogens is 3. The van der Waals surface area contributed by atoms with Crippen molar-refractivity contribution in [2.75, 3.05) is 0 Å². The molecule has 1 aromatic heterocycles. The third-order valence-electron chi connectivity index (χ3n) is 3.19. The van der Waals surface area contributed by atoms with E-state index in [9.17, 15) is 4.79 Å². The Morgan fingerprint density at radius 2 is 2.13 bits per heavy atom. The van der Waals surface area contributed by atoms with E-state index in [0.717, 1.165) is 0 Å². The maximum absolute atomic E-state index is 9.98. The average molecular weight is 314 g/mol. The SMILES string of the molecule is C=c1/c(=C\C(O)=C/C)nnn1C.Cc1ccccc1CNC=O. The van der Waals surface area contributed by atoms with Gasteiger partial charge in [-0.15, -0.1) is 5.10 Å². The topological polar surface area (TPSA) is 80.0 Å². The second-order valence-corrected chi connectivity index (χ2v) is 4.83. The Morgan fingerprint density at radius 3 is 2.65 bits per heavy atom. The van der Waals surface area contributed by atoms with Crippen LogP contribution in [0.25, 0.3) is 12.7 Å². The van der Waals surface area contributed by atoms with Gasteiger partial charge < -0.3 is 10.4 Å². The fourth-order valence-corrected chi connectivity index (χ4v) is 1.69. The van der Waals surface area contributed by atoms with Crippen LogP contribution in [0.15, 0.2) is 36.1 Å². The number of nitrogens with zero attached hydrogens (tertiary/aromatic N) is 3. The van der Waals surface area contributed by atoms with Crippen molar-refractivity contribution in [2.24, 2.45) is 7.05 Å². The Kier molecular flexibility index (Phi) is 7.26. The Morgan fingerprint density at radius 1 is 1.43 bits per heavy atom. The molecule has 1 heterocycles. The molecular formula is C17H22N4O2. The average Bonchev–Trinajstić information content (AvgIpc) is 2.86.